The minimum Gasteiger partial charge on any atom is -0.308 e. The predicted octanol–water partition coefficient (Wildman–Crippen LogP) is 2.76. The van der Waals surface area contributed by atoms with Crippen LogP contribution in [-0.2, 0) is 6.42 Å². The number of anilines is 1. The number of hydrogen-bond acceptors (Lipinski definition) is 2. The van der Waals surface area contributed by atoms with Gasteiger partial charge < -0.3 is 4.90 Å². The standard InChI is InChI=1S/C16H12N2O/c17-11-12-4-3-6-14(10-12)16(19)18-9-8-13-5-1-2-7-15(13)18/h1-7,10H,8-9H2. The minimum absolute atomic E-state index is 0.0398. The maximum Gasteiger partial charge on any atom is 0.258 e. The summed E-state index contributed by atoms with van der Waals surface area (Å²) >= 11 is 0. The fraction of sp³-hybridized carbons (Fsp3) is 0.125. The zero-order valence-electron chi connectivity index (χ0n) is 10.3. The lowest BCUT2D eigenvalue weighted by Crippen LogP contribution is -2.28. The highest BCUT2D eigenvalue weighted by Gasteiger charge is 2.24. The largest absolute Gasteiger partial charge is 0.308 e. The van der Waals surface area contributed by atoms with E-state index in [0.717, 1.165) is 12.1 Å². The van der Waals surface area contributed by atoms with Crippen LogP contribution in [0, 0.1) is 11.3 Å². The van der Waals surface area contributed by atoms with Gasteiger partial charge in [-0.3, -0.25) is 4.79 Å². The van der Waals surface area contributed by atoms with E-state index < -0.39 is 0 Å². The van der Waals surface area contributed by atoms with Crippen molar-refractivity contribution in [3.8, 4) is 6.07 Å². The van der Waals surface area contributed by atoms with E-state index in [4.69, 9.17) is 5.26 Å². The normalized spacial score (nSPS) is 12.9. The number of fused-ring (bicyclic) bond motifs is 1. The molecule has 0 aliphatic carbocycles. The van der Waals surface area contributed by atoms with Gasteiger partial charge in [-0.05, 0) is 36.2 Å². The third kappa shape index (κ3) is 1.98. The smallest absolute Gasteiger partial charge is 0.258 e. The summed E-state index contributed by atoms with van der Waals surface area (Å²) < 4.78 is 0. The highest BCUT2D eigenvalue weighted by molar-refractivity contribution is 6.07. The lowest BCUT2D eigenvalue weighted by atomic mass is 10.1. The number of nitrogens with zero attached hydrogens (tertiary/aromatic N) is 2. The third-order valence-corrected chi connectivity index (χ3v) is 3.37. The van der Waals surface area contributed by atoms with Crippen molar-refractivity contribution in [3.05, 3.63) is 65.2 Å². The molecule has 0 fully saturated rings. The fourth-order valence-corrected chi connectivity index (χ4v) is 2.43. The van der Waals surface area contributed by atoms with Crippen molar-refractivity contribution in [1.29, 1.82) is 5.26 Å². The molecule has 0 atom stereocenters. The number of carbonyl (C=O) groups excluding carboxylic acids is 1. The second kappa shape index (κ2) is 4.58. The van der Waals surface area contributed by atoms with Gasteiger partial charge in [0.15, 0.2) is 0 Å². The summed E-state index contributed by atoms with van der Waals surface area (Å²) in [6.07, 6.45) is 0.889. The Kier molecular flexibility index (Phi) is 2.77. The molecule has 0 spiro atoms. The molecule has 0 N–H and O–H groups in total. The first-order valence-corrected chi connectivity index (χ1v) is 6.19. The molecular formula is C16H12N2O. The Hall–Kier alpha value is -2.60. The molecular weight excluding hydrogens is 236 g/mol. The molecule has 92 valence electrons. The Morgan fingerprint density at radius 1 is 1.16 bits per heavy atom. The molecule has 0 saturated heterocycles. The SMILES string of the molecule is N#Cc1cccc(C(=O)N2CCc3ccccc32)c1. The maximum absolute atomic E-state index is 12.5. The summed E-state index contributed by atoms with van der Waals surface area (Å²) in [5, 5.41) is 8.89. The highest BCUT2D eigenvalue weighted by Crippen LogP contribution is 2.28. The second-order valence-electron chi connectivity index (χ2n) is 4.53. The predicted molar refractivity (Wildman–Crippen MR) is 73.0 cm³/mol. The van der Waals surface area contributed by atoms with Gasteiger partial charge in [-0.2, -0.15) is 5.26 Å². The summed E-state index contributed by atoms with van der Waals surface area (Å²) in [4.78, 5) is 14.3. The first-order chi connectivity index (χ1) is 9.29. The van der Waals surface area contributed by atoms with Crippen LogP contribution in [0.15, 0.2) is 48.5 Å². The molecule has 2 aromatic carbocycles. The van der Waals surface area contributed by atoms with Crippen LogP contribution in [0.4, 0.5) is 5.69 Å². The maximum atomic E-state index is 12.5. The van der Waals surface area contributed by atoms with Crippen LogP contribution in [0.25, 0.3) is 0 Å². The fourth-order valence-electron chi connectivity index (χ4n) is 2.43. The quantitative estimate of drug-likeness (QED) is 0.778. The number of carbonyl (C=O) groups is 1. The average Bonchev–Trinajstić information content (AvgIpc) is 2.90. The molecule has 0 radical (unpaired) electrons. The zero-order chi connectivity index (χ0) is 13.2. The molecule has 0 bridgehead atoms. The Bertz CT molecular complexity index is 685. The molecule has 3 rings (SSSR count). The molecule has 0 saturated carbocycles. The Morgan fingerprint density at radius 2 is 2.00 bits per heavy atom. The van der Waals surface area contributed by atoms with Crippen molar-refractivity contribution in [2.24, 2.45) is 0 Å². The Morgan fingerprint density at radius 3 is 2.84 bits per heavy atom. The van der Waals surface area contributed by atoms with Crippen LogP contribution in [0.3, 0.4) is 0 Å². The van der Waals surface area contributed by atoms with E-state index >= 15 is 0 Å². The van der Waals surface area contributed by atoms with Crippen molar-refractivity contribution in [2.45, 2.75) is 6.42 Å². The molecule has 1 amide bonds. The van der Waals surface area contributed by atoms with Gasteiger partial charge in [0.2, 0.25) is 0 Å². The van der Waals surface area contributed by atoms with Gasteiger partial charge in [0, 0.05) is 17.8 Å². The number of hydrogen-bond donors (Lipinski definition) is 0. The van der Waals surface area contributed by atoms with Gasteiger partial charge in [-0.1, -0.05) is 24.3 Å². The van der Waals surface area contributed by atoms with E-state index in [-0.39, 0.29) is 5.91 Å². The lowest BCUT2D eigenvalue weighted by Gasteiger charge is -2.17. The van der Waals surface area contributed by atoms with Gasteiger partial charge >= 0.3 is 0 Å². The molecule has 1 aliphatic heterocycles. The van der Waals surface area contributed by atoms with E-state index in [1.54, 1.807) is 29.2 Å². The third-order valence-electron chi connectivity index (χ3n) is 3.37. The second-order valence-corrected chi connectivity index (χ2v) is 4.53. The van der Waals surface area contributed by atoms with Crippen LogP contribution < -0.4 is 4.90 Å². The monoisotopic (exact) mass is 248 g/mol. The Labute approximate surface area is 111 Å². The molecule has 19 heavy (non-hydrogen) atoms. The van der Waals surface area contributed by atoms with Gasteiger partial charge in [0.1, 0.15) is 0 Å². The van der Waals surface area contributed by atoms with Gasteiger partial charge in [-0.25, -0.2) is 0 Å². The number of amides is 1. The van der Waals surface area contributed by atoms with Crippen LogP contribution in [-0.4, -0.2) is 12.5 Å². The molecule has 1 heterocycles. The van der Waals surface area contributed by atoms with Crippen molar-refractivity contribution in [2.75, 3.05) is 11.4 Å². The average molecular weight is 248 g/mol. The number of nitriles is 1. The number of para-hydroxylation sites is 1. The molecule has 1 aliphatic rings. The van der Waals surface area contributed by atoms with Gasteiger partial charge in [-0.15, -0.1) is 0 Å². The van der Waals surface area contributed by atoms with Crippen LogP contribution >= 0.6 is 0 Å². The Balaban J connectivity index is 1.96. The highest BCUT2D eigenvalue weighted by atomic mass is 16.2. The van der Waals surface area contributed by atoms with Crippen LogP contribution in [0.1, 0.15) is 21.5 Å². The summed E-state index contributed by atoms with van der Waals surface area (Å²) in [7, 11) is 0. The van der Waals surface area contributed by atoms with E-state index in [0.29, 0.717) is 17.7 Å². The number of rotatable bonds is 1. The molecule has 0 aromatic heterocycles. The summed E-state index contributed by atoms with van der Waals surface area (Å²) in [6.45, 7) is 0.703. The van der Waals surface area contributed by atoms with Crippen LogP contribution in [0.2, 0.25) is 0 Å². The van der Waals surface area contributed by atoms with Gasteiger partial charge in [0.25, 0.3) is 5.91 Å². The van der Waals surface area contributed by atoms with E-state index in [1.807, 2.05) is 24.3 Å². The lowest BCUT2D eigenvalue weighted by molar-refractivity contribution is 0.0989. The summed E-state index contributed by atoms with van der Waals surface area (Å²) in [6, 6.07) is 16.9. The van der Waals surface area contributed by atoms with Crippen molar-refractivity contribution in [3.63, 3.8) is 0 Å². The van der Waals surface area contributed by atoms with E-state index in [9.17, 15) is 4.79 Å². The first-order valence-electron chi connectivity index (χ1n) is 6.19. The van der Waals surface area contributed by atoms with E-state index in [1.165, 1.54) is 5.56 Å². The molecule has 2 aromatic rings. The zero-order valence-corrected chi connectivity index (χ0v) is 10.3. The topological polar surface area (TPSA) is 44.1 Å². The molecule has 3 heteroatoms. The van der Waals surface area contributed by atoms with Crippen LogP contribution in [0.5, 0.6) is 0 Å². The molecule has 0 unspecified atom stereocenters. The van der Waals surface area contributed by atoms with Crippen molar-refractivity contribution < 1.29 is 4.79 Å². The minimum atomic E-state index is -0.0398. The van der Waals surface area contributed by atoms with Gasteiger partial charge in [0.05, 0.1) is 11.6 Å². The number of benzene rings is 2. The summed E-state index contributed by atoms with van der Waals surface area (Å²) in [5.41, 5.74) is 3.26. The first kappa shape index (κ1) is 11.5. The van der Waals surface area contributed by atoms with Crippen molar-refractivity contribution in [1.82, 2.24) is 0 Å². The summed E-state index contributed by atoms with van der Waals surface area (Å²) in [5.74, 6) is -0.0398. The van der Waals surface area contributed by atoms with E-state index in [2.05, 4.69) is 6.07 Å². The van der Waals surface area contributed by atoms with Crippen molar-refractivity contribution >= 4 is 11.6 Å². The molecule has 3 nitrogen and oxygen atoms in total.